The van der Waals surface area contributed by atoms with Crippen molar-refractivity contribution in [2.45, 2.75) is 32.7 Å². The molecule has 0 spiro atoms. The Morgan fingerprint density at radius 3 is 2.72 bits per heavy atom. The van der Waals surface area contributed by atoms with E-state index < -0.39 is 5.97 Å². The lowest BCUT2D eigenvalue weighted by molar-refractivity contribution is -0.137. The third-order valence-corrected chi connectivity index (χ3v) is 3.50. The quantitative estimate of drug-likeness (QED) is 0.769. The van der Waals surface area contributed by atoms with E-state index in [4.69, 9.17) is 11.5 Å². The molecule has 0 aliphatic carbocycles. The van der Waals surface area contributed by atoms with E-state index in [1.807, 2.05) is 6.92 Å². The van der Waals surface area contributed by atoms with Crippen molar-refractivity contribution in [3.63, 3.8) is 0 Å². The van der Waals surface area contributed by atoms with Crippen LogP contribution in [-0.2, 0) is 4.79 Å². The van der Waals surface area contributed by atoms with Crippen LogP contribution < -0.4 is 0 Å². The molecule has 0 radical (unpaired) electrons. The summed E-state index contributed by atoms with van der Waals surface area (Å²) in [5.41, 5.74) is 0. The van der Waals surface area contributed by atoms with E-state index in [9.17, 15) is 9.59 Å². The average Bonchev–Trinajstić information content (AvgIpc) is 2.31. The summed E-state index contributed by atoms with van der Waals surface area (Å²) in [6, 6.07) is -0.144. The van der Waals surface area contributed by atoms with Gasteiger partial charge in [0.1, 0.15) is 6.54 Å². The molecule has 100 valence electrons. The second kappa shape index (κ2) is 6.29. The van der Waals surface area contributed by atoms with Crippen molar-refractivity contribution < 1.29 is 14.7 Å². The minimum atomic E-state index is -1.05. The van der Waals surface area contributed by atoms with Crippen molar-refractivity contribution in [2.24, 2.45) is 5.92 Å². The average molecular weight is 252 g/mol. The van der Waals surface area contributed by atoms with Gasteiger partial charge in [-0.15, -0.1) is 6.42 Å². The largest absolute Gasteiger partial charge is 0.480 e. The highest BCUT2D eigenvalue weighted by Crippen LogP contribution is 2.23. The number of hydrogen-bond acceptors (Lipinski definition) is 2. The summed E-state index contributed by atoms with van der Waals surface area (Å²) in [4.78, 5) is 25.9. The molecule has 2 unspecified atom stereocenters. The van der Waals surface area contributed by atoms with Crippen LogP contribution in [0.2, 0.25) is 0 Å². The summed E-state index contributed by atoms with van der Waals surface area (Å²) in [6.45, 7) is 4.46. The number of carboxylic acids is 1. The van der Waals surface area contributed by atoms with Crippen LogP contribution in [0.15, 0.2) is 0 Å². The Bertz CT molecular complexity index is 362. The van der Waals surface area contributed by atoms with Gasteiger partial charge in [-0.3, -0.25) is 4.79 Å². The standard InChI is InChI=1S/C13H20N2O3/c1-4-7-14(9-12(16)17)13(18)15-8-5-6-10(2)11(15)3/h1,10-11H,5-9H2,2-3H3,(H,16,17). The Morgan fingerprint density at radius 2 is 2.17 bits per heavy atom. The van der Waals surface area contributed by atoms with E-state index in [1.54, 1.807) is 4.90 Å². The number of carbonyl (C=O) groups is 2. The third kappa shape index (κ3) is 3.39. The topological polar surface area (TPSA) is 60.9 Å². The Labute approximate surface area is 108 Å². The van der Waals surface area contributed by atoms with Crippen molar-refractivity contribution in [1.82, 2.24) is 9.80 Å². The Kier molecular flexibility index (Phi) is 5.02. The molecule has 0 aromatic carbocycles. The number of hydrogen-bond donors (Lipinski definition) is 1. The Morgan fingerprint density at radius 1 is 1.50 bits per heavy atom. The Balaban J connectivity index is 2.75. The lowest BCUT2D eigenvalue weighted by atomic mass is 9.92. The van der Waals surface area contributed by atoms with Gasteiger partial charge >= 0.3 is 12.0 Å². The molecule has 0 bridgehead atoms. The number of likely N-dealkylation sites (tertiary alicyclic amines) is 1. The number of rotatable bonds is 3. The van der Waals surface area contributed by atoms with Gasteiger partial charge in [-0.05, 0) is 25.7 Å². The number of nitrogens with zero attached hydrogens (tertiary/aromatic N) is 2. The fraction of sp³-hybridized carbons (Fsp3) is 0.692. The van der Waals surface area contributed by atoms with E-state index in [-0.39, 0.29) is 25.2 Å². The molecule has 5 nitrogen and oxygen atoms in total. The summed E-state index contributed by atoms with van der Waals surface area (Å²) in [5.74, 6) is 1.72. The molecule has 1 aliphatic heterocycles. The predicted octanol–water partition coefficient (Wildman–Crippen LogP) is 1.25. The first kappa shape index (κ1) is 14.4. The normalized spacial score (nSPS) is 23.3. The molecule has 5 heteroatoms. The van der Waals surface area contributed by atoms with Crippen LogP contribution in [0.25, 0.3) is 0 Å². The first-order valence-electron chi connectivity index (χ1n) is 6.18. The van der Waals surface area contributed by atoms with E-state index in [0.717, 1.165) is 12.8 Å². The molecule has 1 saturated heterocycles. The fourth-order valence-corrected chi connectivity index (χ4v) is 2.25. The second-order valence-electron chi connectivity index (χ2n) is 4.79. The zero-order chi connectivity index (χ0) is 13.7. The van der Waals surface area contributed by atoms with Gasteiger partial charge < -0.3 is 14.9 Å². The lowest BCUT2D eigenvalue weighted by Gasteiger charge is -2.40. The predicted molar refractivity (Wildman–Crippen MR) is 68.0 cm³/mol. The summed E-state index contributed by atoms with van der Waals surface area (Å²) in [5, 5.41) is 8.79. The molecule has 1 aliphatic rings. The van der Waals surface area contributed by atoms with Gasteiger partial charge in [0.25, 0.3) is 0 Å². The second-order valence-corrected chi connectivity index (χ2v) is 4.79. The molecule has 18 heavy (non-hydrogen) atoms. The minimum absolute atomic E-state index is 0.0305. The molecule has 1 N–H and O–H groups in total. The fourth-order valence-electron chi connectivity index (χ4n) is 2.25. The third-order valence-electron chi connectivity index (χ3n) is 3.50. The number of piperidine rings is 1. The number of terminal acetylenes is 1. The molecule has 2 atom stereocenters. The van der Waals surface area contributed by atoms with E-state index >= 15 is 0 Å². The van der Waals surface area contributed by atoms with Crippen LogP contribution in [0.5, 0.6) is 0 Å². The van der Waals surface area contributed by atoms with Gasteiger partial charge in [0.05, 0.1) is 6.54 Å². The van der Waals surface area contributed by atoms with Gasteiger partial charge in [0.15, 0.2) is 0 Å². The first-order chi connectivity index (χ1) is 8.47. The molecule has 2 amide bonds. The molecule has 0 aromatic rings. The molecular weight excluding hydrogens is 232 g/mol. The van der Waals surface area contributed by atoms with Gasteiger partial charge in [0, 0.05) is 12.6 Å². The van der Waals surface area contributed by atoms with Crippen LogP contribution in [-0.4, -0.2) is 52.6 Å². The minimum Gasteiger partial charge on any atom is -0.480 e. The van der Waals surface area contributed by atoms with Crippen molar-refractivity contribution in [1.29, 1.82) is 0 Å². The molecule has 1 heterocycles. The lowest BCUT2D eigenvalue weighted by Crippen LogP contribution is -2.52. The first-order valence-corrected chi connectivity index (χ1v) is 6.18. The van der Waals surface area contributed by atoms with E-state index in [1.165, 1.54) is 4.90 Å². The van der Waals surface area contributed by atoms with Crippen LogP contribution in [0.3, 0.4) is 0 Å². The summed E-state index contributed by atoms with van der Waals surface area (Å²) in [6.07, 6.45) is 7.23. The van der Waals surface area contributed by atoms with Crippen molar-refractivity contribution >= 4 is 12.0 Å². The zero-order valence-corrected chi connectivity index (χ0v) is 10.9. The monoisotopic (exact) mass is 252 g/mol. The number of carboxylic acid groups (broad SMARTS) is 1. The highest BCUT2D eigenvalue weighted by molar-refractivity contribution is 5.80. The van der Waals surface area contributed by atoms with Gasteiger partial charge in [-0.1, -0.05) is 12.8 Å². The van der Waals surface area contributed by atoms with Crippen LogP contribution in [0, 0.1) is 18.3 Å². The highest BCUT2D eigenvalue weighted by atomic mass is 16.4. The van der Waals surface area contributed by atoms with Crippen LogP contribution in [0.1, 0.15) is 26.7 Å². The maximum absolute atomic E-state index is 12.3. The zero-order valence-electron chi connectivity index (χ0n) is 10.9. The van der Waals surface area contributed by atoms with E-state index in [2.05, 4.69) is 12.8 Å². The van der Waals surface area contributed by atoms with Crippen molar-refractivity contribution in [3.8, 4) is 12.3 Å². The maximum atomic E-state index is 12.3. The number of aliphatic carboxylic acids is 1. The molecule has 1 fully saturated rings. The molecule has 0 aromatic heterocycles. The van der Waals surface area contributed by atoms with Gasteiger partial charge in [-0.25, -0.2) is 4.79 Å². The summed E-state index contributed by atoms with van der Waals surface area (Å²) in [7, 11) is 0. The maximum Gasteiger partial charge on any atom is 0.323 e. The number of carbonyl (C=O) groups excluding carboxylic acids is 1. The number of amides is 2. The Hall–Kier alpha value is -1.70. The summed E-state index contributed by atoms with van der Waals surface area (Å²) < 4.78 is 0. The van der Waals surface area contributed by atoms with Gasteiger partial charge in [0.2, 0.25) is 0 Å². The van der Waals surface area contributed by atoms with E-state index in [0.29, 0.717) is 12.5 Å². The van der Waals surface area contributed by atoms with Crippen molar-refractivity contribution in [3.05, 3.63) is 0 Å². The van der Waals surface area contributed by atoms with Gasteiger partial charge in [-0.2, -0.15) is 0 Å². The highest BCUT2D eigenvalue weighted by Gasteiger charge is 2.31. The van der Waals surface area contributed by atoms with Crippen LogP contribution >= 0.6 is 0 Å². The smallest absolute Gasteiger partial charge is 0.323 e. The molecule has 0 saturated carbocycles. The molecule has 1 rings (SSSR count). The number of urea groups is 1. The van der Waals surface area contributed by atoms with Crippen LogP contribution in [0.4, 0.5) is 4.79 Å². The van der Waals surface area contributed by atoms with Crippen molar-refractivity contribution in [2.75, 3.05) is 19.6 Å². The molecular formula is C13H20N2O3. The SMILES string of the molecule is C#CCN(CC(=O)O)C(=O)N1CCCC(C)C1C. The summed E-state index contributed by atoms with van der Waals surface area (Å²) >= 11 is 0.